The average Bonchev–Trinajstić information content (AvgIpc) is 2.57. The molecule has 2 nitrogen and oxygen atoms in total. The minimum absolute atomic E-state index is 0.152. The van der Waals surface area contributed by atoms with E-state index in [-0.39, 0.29) is 5.58 Å². The highest BCUT2D eigenvalue weighted by Crippen LogP contribution is 2.31. The number of aromatic nitrogens is 1. The molecule has 15 heavy (non-hydrogen) atoms. The van der Waals surface area contributed by atoms with Crippen molar-refractivity contribution in [3.05, 3.63) is 29.7 Å². The van der Waals surface area contributed by atoms with Crippen LogP contribution in [0.3, 0.4) is 0 Å². The molecule has 0 aliphatic heterocycles. The third kappa shape index (κ3) is 1.99. The average molecular weight is 280 g/mol. The van der Waals surface area contributed by atoms with E-state index in [4.69, 9.17) is 4.42 Å². The Morgan fingerprint density at radius 2 is 2.07 bits per heavy atom. The Hall–Kier alpha value is -1.04. The van der Waals surface area contributed by atoms with Gasteiger partial charge in [0.1, 0.15) is 5.52 Å². The molecule has 0 unspecified atom stereocenters. The monoisotopic (exact) mass is 279 g/mol. The third-order valence-corrected chi connectivity index (χ3v) is 2.35. The fourth-order valence-electron chi connectivity index (χ4n) is 1.21. The van der Waals surface area contributed by atoms with Crippen molar-refractivity contribution >= 4 is 27.0 Å². The van der Waals surface area contributed by atoms with Crippen molar-refractivity contribution in [2.24, 2.45) is 0 Å². The van der Waals surface area contributed by atoms with Crippen molar-refractivity contribution in [1.82, 2.24) is 4.98 Å². The molecular formula is C9H5BrF3NO. The van der Waals surface area contributed by atoms with Crippen LogP contribution < -0.4 is 0 Å². The van der Waals surface area contributed by atoms with Gasteiger partial charge < -0.3 is 4.42 Å². The van der Waals surface area contributed by atoms with E-state index in [1.807, 2.05) is 0 Å². The lowest BCUT2D eigenvalue weighted by Crippen LogP contribution is -2.03. The van der Waals surface area contributed by atoms with Gasteiger partial charge in [-0.2, -0.15) is 13.2 Å². The van der Waals surface area contributed by atoms with Gasteiger partial charge in [-0.25, -0.2) is 4.98 Å². The van der Waals surface area contributed by atoms with Crippen LogP contribution in [0.4, 0.5) is 13.2 Å². The number of benzene rings is 1. The molecule has 0 fully saturated rings. The van der Waals surface area contributed by atoms with Gasteiger partial charge in [-0.05, 0) is 18.2 Å². The van der Waals surface area contributed by atoms with Gasteiger partial charge in [0.05, 0.1) is 10.9 Å². The summed E-state index contributed by atoms with van der Waals surface area (Å²) in [4.78, 5) is 3.97. The molecular weight excluding hydrogens is 275 g/mol. The number of alkyl halides is 4. The summed E-state index contributed by atoms with van der Waals surface area (Å²) < 4.78 is 42.1. The normalized spacial score (nSPS) is 12.3. The molecule has 0 radical (unpaired) electrons. The van der Waals surface area contributed by atoms with Crippen LogP contribution in [0, 0.1) is 0 Å². The molecule has 80 valence electrons. The summed E-state index contributed by atoms with van der Waals surface area (Å²) in [6, 6.07) is 3.24. The number of oxazole rings is 1. The topological polar surface area (TPSA) is 26.0 Å². The Balaban J connectivity index is 2.55. The van der Waals surface area contributed by atoms with E-state index in [2.05, 4.69) is 20.9 Å². The maximum atomic E-state index is 12.3. The summed E-state index contributed by atoms with van der Waals surface area (Å²) in [5, 5.41) is 0.378. The third-order valence-electron chi connectivity index (χ3n) is 1.87. The minimum Gasteiger partial charge on any atom is -0.440 e. The SMILES string of the molecule is FC(F)(F)c1ccc2nc(CBr)oc2c1. The smallest absolute Gasteiger partial charge is 0.416 e. The molecule has 0 spiro atoms. The first-order valence-corrected chi connectivity index (χ1v) is 5.15. The summed E-state index contributed by atoms with van der Waals surface area (Å²) in [7, 11) is 0. The summed E-state index contributed by atoms with van der Waals surface area (Å²) in [6.45, 7) is 0. The number of hydrogen-bond acceptors (Lipinski definition) is 2. The minimum atomic E-state index is -4.35. The van der Waals surface area contributed by atoms with Gasteiger partial charge in [-0.1, -0.05) is 15.9 Å². The number of hydrogen-bond donors (Lipinski definition) is 0. The molecule has 0 bridgehead atoms. The van der Waals surface area contributed by atoms with Crippen LogP contribution in [-0.2, 0) is 11.5 Å². The van der Waals surface area contributed by atoms with Crippen LogP contribution in [0.1, 0.15) is 11.5 Å². The van der Waals surface area contributed by atoms with Gasteiger partial charge in [0.25, 0.3) is 0 Å². The van der Waals surface area contributed by atoms with Crippen molar-refractivity contribution in [2.45, 2.75) is 11.5 Å². The molecule has 0 saturated carbocycles. The molecule has 0 saturated heterocycles. The Morgan fingerprint density at radius 3 is 2.67 bits per heavy atom. The fourth-order valence-corrected chi connectivity index (χ4v) is 1.45. The van der Waals surface area contributed by atoms with Crippen molar-refractivity contribution < 1.29 is 17.6 Å². The molecule has 0 aliphatic rings. The second-order valence-electron chi connectivity index (χ2n) is 2.92. The number of fused-ring (bicyclic) bond motifs is 1. The molecule has 0 atom stereocenters. The van der Waals surface area contributed by atoms with Gasteiger partial charge in [0.2, 0.25) is 5.89 Å². The Kier molecular flexibility index (Phi) is 2.46. The van der Waals surface area contributed by atoms with Crippen molar-refractivity contribution in [3.63, 3.8) is 0 Å². The van der Waals surface area contributed by atoms with Gasteiger partial charge >= 0.3 is 6.18 Å². The van der Waals surface area contributed by atoms with Crippen molar-refractivity contribution in [3.8, 4) is 0 Å². The molecule has 1 heterocycles. The van der Waals surface area contributed by atoms with Gasteiger partial charge in [-0.3, -0.25) is 0 Å². The molecule has 1 aromatic carbocycles. The first-order chi connectivity index (χ1) is 7.00. The van der Waals surface area contributed by atoms with Crippen LogP contribution in [-0.4, -0.2) is 4.98 Å². The predicted octanol–water partition coefficient (Wildman–Crippen LogP) is 3.74. The summed E-state index contributed by atoms with van der Waals surface area (Å²) in [5.74, 6) is 0.365. The van der Waals surface area contributed by atoms with E-state index in [9.17, 15) is 13.2 Å². The predicted molar refractivity (Wildman–Crippen MR) is 51.6 cm³/mol. The largest absolute Gasteiger partial charge is 0.440 e. The zero-order valence-electron chi connectivity index (χ0n) is 7.31. The van der Waals surface area contributed by atoms with Crippen molar-refractivity contribution in [1.29, 1.82) is 0 Å². The zero-order valence-corrected chi connectivity index (χ0v) is 8.89. The second-order valence-corrected chi connectivity index (χ2v) is 3.48. The van der Waals surface area contributed by atoms with Crippen LogP contribution in [0.2, 0.25) is 0 Å². The lowest BCUT2D eigenvalue weighted by atomic mass is 10.2. The molecule has 0 aliphatic carbocycles. The van der Waals surface area contributed by atoms with E-state index in [1.54, 1.807) is 0 Å². The maximum Gasteiger partial charge on any atom is 0.416 e. The molecule has 0 N–H and O–H groups in total. The lowest BCUT2D eigenvalue weighted by Gasteiger charge is -2.04. The van der Waals surface area contributed by atoms with Gasteiger partial charge in [0.15, 0.2) is 5.58 Å². The van der Waals surface area contributed by atoms with E-state index < -0.39 is 11.7 Å². The van der Waals surface area contributed by atoms with E-state index in [1.165, 1.54) is 6.07 Å². The second kappa shape index (κ2) is 3.52. The zero-order chi connectivity index (χ0) is 11.1. The summed E-state index contributed by atoms with van der Waals surface area (Å²) in [6.07, 6.45) is -4.35. The number of rotatable bonds is 1. The summed E-state index contributed by atoms with van der Waals surface area (Å²) in [5.41, 5.74) is -0.149. The van der Waals surface area contributed by atoms with E-state index >= 15 is 0 Å². The van der Waals surface area contributed by atoms with Crippen molar-refractivity contribution in [2.75, 3.05) is 0 Å². The fraction of sp³-hybridized carbons (Fsp3) is 0.222. The molecule has 1 aromatic heterocycles. The summed E-state index contributed by atoms with van der Waals surface area (Å²) >= 11 is 3.12. The quantitative estimate of drug-likeness (QED) is 0.744. The van der Waals surface area contributed by atoms with Gasteiger partial charge in [0, 0.05) is 0 Å². The molecule has 2 aromatic rings. The number of halogens is 4. The maximum absolute atomic E-state index is 12.3. The Bertz CT molecular complexity index is 492. The Labute approximate surface area is 91.2 Å². The van der Waals surface area contributed by atoms with E-state index in [0.29, 0.717) is 16.7 Å². The van der Waals surface area contributed by atoms with Crippen LogP contribution in [0.5, 0.6) is 0 Å². The lowest BCUT2D eigenvalue weighted by molar-refractivity contribution is -0.137. The number of nitrogens with zero attached hydrogens (tertiary/aromatic N) is 1. The highest BCUT2D eigenvalue weighted by atomic mass is 79.9. The first kappa shape index (κ1) is 10.5. The van der Waals surface area contributed by atoms with Crippen LogP contribution in [0.25, 0.3) is 11.1 Å². The highest BCUT2D eigenvalue weighted by Gasteiger charge is 2.31. The van der Waals surface area contributed by atoms with Gasteiger partial charge in [-0.15, -0.1) is 0 Å². The van der Waals surface area contributed by atoms with Crippen LogP contribution >= 0.6 is 15.9 Å². The Morgan fingerprint density at radius 1 is 1.33 bits per heavy atom. The standard InChI is InChI=1S/C9H5BrF3NO/c10-4-8-14-6-2-1-5(9(11,12)13)3-7(6)15-8/h1-3H,4H2. The first-order valence-electron chi connectivity index (χ1n) is 4.03. The van der Waals surface area contributed by atoms with E-state index in [0.717, 1.165) is 12.1 Å². The highest BCUT2D eigenvalue weighted by molar-refractivity contribution is 9.08. The molecule has 0 amide bonds. The van der Waals surface area contributed by atoms with Crippen LogP contribution in [0.15, 0.2) is 22.6 Å². The molecule has 6 heteroatoms. The molecule has 2 rings (SSSR count).